The number of carbonyl (C=O) groups excluding carboxylic acids is 2. The Morgan fingerprint density at radius 3 is 2.76 bits per heavy atom. The Morgan fingerprint density at radius 2 is 2.03 bits per heavy atom. The quantitative estimate of drug-likeness (QED) is 0.742. The lowest BCUT2D eigenvalue weighted by Gasteiger charge is -2.42. The number of nitrogens with one attached hydrogen (secondary N) is 1. The standard InChI is InChI=1S/C25H27N3O5/c1-25(2)22(29)21(18-13-17(14-26)10-11-20(18)33-25)27-23(30)19-9-6-12-28(19)24(31)32-15-16-7-4-3-5-8-16/h3-5,7-8,10-11,13,19,21-22,29H,6,9,12,15H2,1-2H3,(H,27,30)/t19-,21-,22+/m1/s1. The molecule has 2 amide bonds. The van der Waals surface area contributed by atoms with E-state index < -0.39 is 29.9 Å². The molecule has 0 aliphatic carbocycles. The van der Waals surface area contributed by atoms with Crippen LogP contribution >= 0.6 is 0 Å². The van der Waals surface area contributed by atoms with E-state index in [0.29, 0.717) is 36.3 Å². The Hall–Kier alpha value is -3.57. The van der Waals surface area contributed by atoms with Gasteiger partial charge in [-0.3, -0.25) is 9.69 Å². The molecule has 2 aromatic carbocycles. The predicted octanol–water partition coefficient (Wildman–Crippen LogP) is 3.05. The minimum atomic E-state index is -1.05. The highest BCUT2D eigenvalue weighted by Crippen LogP contribution is 2.40. The number of benzene rings is 2. The van der Waals surface area contributed by atoms with E-state index in [9.17, 15) is 20.0 Å². The Kier molecular flexibility index (Phi) is 6.25. The maximum Gasteiger partial charge on any atom is 0.410 e. The van der Waals surface area contributed by atoms with Gasteiger partial charge in [0.1, 0.15) is 30.1 Å². The van der Waals surface area contributed by atoms with Crippen molar-refractivity contribution in [3.8, 4) is 11.8 Å². The van der Waals surface area contributed by atoms with Gasteiger partial charge in [0.25, 0.3) is 0 Å². The molecule has 0 radical (unpaired) electrons. The van der Waals surface area contributed by atoms with E-state index in [1.807, 2.05) is 30.3 Å². The number of likely N-dealkylation sites (tertiary alicyclic amines) is 1. The third-order valence-corrected chi connectivity index (χ3v) is 6.17. The summed E-state index contributed by atoms with van der Waals surface area (Å²) in [5.74, 6) is 0.124. The monoisotopic (exact) mass is 449 g/mol. The van der Waals surface area contributed by atoms with E-state index in [-0.39, 0.29) is 12.5 Å². The predicted molar refractivity (Wildman–Crippen MR) is 119 cm³/mol. The molecular formula is C25H27N3O5. The molecule has 2 aliphatic rings. The minimum absolute atomic E-state index is 0.127. The van der Waals surface area contributed by atoms with Gasteiger partial charge in [-0.1, -0.05) is 30.3 Å². The van der Waals surface area contributed by atoms with Gasteiger partial charge >= 0.3 is 6.09 Å². The number of aliphatic hydroxyl groups excluding tert-OH is 1. The van der Waals surface area contributed by atoms with E-state index in [2.05, 4.69) is 11.4 Å². The molecule has 2 N–H and O–H groups in total. The largest absolute Gasteiger partial charge is 0.485 e. The normalized spacial score (nSPS) is 23.1. The first-order chi connectivity index (χ1) is 15.8. The maximum atomic E-state index is 13.2. The molecule has 3 atom stereocenters. The number of aliphatic hydroxyl groups is 1. The van der Waals surface area contributed by atoms with Crippen LogP contribution in [0.5, 0.6) is 5.75 Å². The highest BCUT2D eigenvalue weighted by Gasteiger charge is 2.45. The number of fused-ring (bicyclic) bond motifs is 1. The lowest BCUT2D eigenvalue weighted by molar-refractivity contribution is -0.129. The number of carbonyl (C=O) groups is 2. The van der Waals surface area contributed by atoms with Crippen molar-refractivity contribution >= 4 is 12.0 Å². The van der Waals surface area contributed by atoms with Gasteiger partial charge in [-0.25, -0.2) is 4.79 Å². The number of hydrogen-bond donors (Lipinski definition) is 2. The van der Waals surface area contributed by atoms with Crippen molar-refractivity contribution in [3.63, 3.8) is 0 Å². The number of amides is 2. The van der Waals surface area contributed by atoms with Crippen molar-refractivity contribution in [3.05, 3.63) is 65.2 Å². The maximum absolute atomic E-state index is 13.2. The summed E-state index contributed by atoms with van der Waals surface area (Å²) in [6, 6.07) is 14.8. The van der Waals surface area contributed by atoms with Crippen molar-refractivity contribution in [1.82, 2.24) is 10.2 Å². The summed E-state index contributed by atoms with van der Waals surface area (Å²) in [6.07, 6.45) is -0.422. The zero-order valence-corrected chi connectivity index (χ0v) is 18.7. The van der Waals surface area contributed by atoms with Crippen LogP contribution in [0, 0.1) is 11.3 Å². The van der Waals surface area contributed by atoms with Crippen LogP contribution in [0.1, 0.15) is 49.4 Å². The van der Waals surface area contributed by atoms with Crippen LogP contribution in [0.4, 0.5) is 4.79 Å². The Morgan fingerprint density at radius 1 is 1.27 bits per heavy atom. The van der Waals surface area contributed by atoms with Crippen LogP contribution in [0.15, 0.2) is 48.5 Å². The molecule has 2 aliphatic heterocycles. The first-order valence-electron chi connectivity index (χ1n) is 11.0. The molecule has 2 heterocycles. The molecule has 8 heteroatoms. The second-order valence-electron chi connectivity index (χ2n) is 8.89. The topological polar surface area (TPSA) is 112 Å². The van der Waals surface area contributed by atoms with Gasteiger partial charge in [-0.2, -0.15) is 5.26 Å². The molecule has 1 fully saturated rings. The number of hydrogen-bond acceptors (Lipinski definition) is 6. The van der Waals surface area contributed by atoms with Gasteiger partial charge in [-0.05, 0) is 50.5 Å². The Bertz CT molecular complexity index is 1080. The lowest BCUT2D eigenvalue weighted by Crippen LogP contribution is -2.56. The van der Waals surface area contributed by atoms with E-state index in [1.165, 1.54) is 4.90 Å². The van der Waals surface area contributed by atoms with Gasteiger partial charge in [0.05, 0.1) is 17.7 Å². The van der Waals surface area contributed by atoms with Crippen LogP contribution in [-0.4, -0.2) is 46.3 Å². The molecule has 0 aromatic heterocycles. The summed E-state index contributed by atoms with van der Waals surface area (Å²) in [6.45, 7) is 4.02. The molecule has 2 aromatic rings. The molecule has 0 unspecified atom stereocenters. The third-order valence-electron chi connectivity index (χ3n) is 6.17. The van der Waals surface area contributed by atoms with E-state index >= 15 is 0 Å². The third kappa shape index (κ3) is 4.64. The molecule has 0 saturated carbocycles. The lowest BCUT2D eigenvalue weighted by atomic mass is 9.85. The fourth-order valence-corrected chi connectivity index (χ4v) is 4.34. The Balaban J connectivity index is 1.49. The molecule has 1 saturated heterocycles. The zero-order valence-electron chi connectivity index (χ0n) is 18.7. The highest BCUT2D eigenvalue weighted by atomic mass is 16.6. The van der Waals surface area contributed by atoms with Crippen molar-refractivity contribution in [2.24, 2.45) is 0 Å². The summed E-state index contributed by atoms with van der Waals surface area (Å²) in [5.41, 5.74) is 0.840. The zero-order chi connectivity index (χ0) is 23.6. The van der Waals surface area contributed by atoms with Crippen LogP contribution in [0.3, 0.4) is 0 Å². The average molecular weight is 450 g/mol. The van der Waals surface area contributed by atoms with E-state index in [1.54, 1.807) is 32.0 Å². The minimum Gasteiger partial charge on any atom is -0.485 e. The number of ether oxygens (including phenoxy) is 2. The fraction of sp³-hybridized carbons (Fsp3) is 0.400. The summed E-state index contributed by atoms with van der Waals surface area (Å²) < 4.78 is 11.3. The molecule has 0 spiro atoms. The second kappa shape index (κ2) is 9.12. The first-order valence-corrected chi connectivity index (χ1v) is 11.0. The number of nitriles is 1. The molecule has 4 rings (SSSR count). The molecular weight excluding hydrogens is 422 g/mol. The van der Waals surface area contributed by atoms with Crippen LogP contribution < -0.4 is 10.1 Å². The van der Waals surface area contributed by atoms with Crippen LogP contribution in [0.25, 0.3) is 0 Å². The van der Waals surface area contributed by atoms with Gasteiger partial charge in [0.2, 0.25) is 5.91 Å². The van der Waals surface area contributed by atoms with Gasteiger partial charge < -0.3 is 19.9 Å². The van der Waals surface area contributed by atoms with Gasteiger partial charge in [0.15, 0.2) is 0 Å². The van der Waals surface area contributed by atoms with Crippen LogP contribution in [0.2, 0.25) is 0 Å². The highest BCUT2D eigenvalue weighted by molar-refractivity contribution is 5.86. The SMILES string of the molecule is CC1(C)Oc2ccc(C#N)cc2[C@@H](NC(=O)[C@H]2CCCN2C(=O)OCc2ccccc2)[C@@H]1O. The molecule has 33 heavy (non-hydrogen) atoms. The number of nitrogens with zero attached hydrogens (tertiary/aromatic N) is 2. The fourth-order valence-electron chi connectivity index (χ4n) is 4.34. The van der Waals surface area contributed by atoms with Gasteiger partial charge in [-0.15, -0.1) is 0 Å². The van der Waals surface area contributed by atoms with Crippen molar-refractivity contribution in [1.29, 1.82) is 5.26 Å². The van der Waals surface area contributed by atoms with E-state index in [4.69, 9.17) is 9.47 Å². The second-order valence-corrected chi connectivity index (χ2v) is 8.89. The Labute approximate surface area is 192 Å². The molecule has 0 bridgehead atoms. The summed E-state index contributed by atoms with van der Waals surface area (Å²) in [7, 11) is 0. The molecule has 8 nitrogen and oxygen atoms in total. The smallest absolute Gasteiger partial charge is 0.410 e. The van der Waals surface area contributed by atoms with E-state index in [0.717, 1.165) is 5.56 Å². The summed E-state index contributed by atoms with van der Waals surface area (Å²) >= 11 is 0. The van der Waals surface area contributed by atoms with Crippen molar-refractivity contribution < 1.29 is 24.2 Å². The first kappa shape index (κ1) is 22.6. The average Bonchev–Trinajstić information content (AvgIpc) is 3.31. The summed E-state index contributed by atoms with van der Waals surface area (Å²) in [4.78, 5) is 27.4. The van der Waals surface area contributed by atoms with Crippen molar-refractivity contribution in [2.45, 2.75) is 57.1 Å². The van der Waals surface area contributed by atoms with Gasteiger partial charge in [0, 0.05) is 12.1 Å². The van der Waals surface area contributed by atoms with Crippen LogP contribution in [-0.2, 0) is 16.1 Å². The number of rotatable bonds is 4. The van der Waals surface area contributed by atoms with Crippen molar-refractivity contribution in [2.75, 3.05) is 6.54 Å². The molecule has 172 valence electrons. The summed E-state index contributed by atoms with van der Waals surface area (Å²) in [5, 5.41) is 23.1.